The quantitative estimate of drug-likeness (QED) is 0.467. The highest BCUT2D eigenvalue weighted by Gasteiger charge is 2.19. The van der Waals surface area contributed by atoms with E-state index in [4.69, 9.17) is 44.3 Å². The van der Waals surface area contributed by atoms with Crippen LogP contribution in [0.5, 0.6) is 11.5 Å². The summed E-state index contributed by atoms with van der Waals surface area (Å²) >= 11 is 20.2. The summed E-state index contributed by atoms with van der Waals surface area (Å²) in [4.78, 5) is 12.5. The highest BCUT2D eigenvalue weighted by atomic mass is 127. The van der Waals surface area contributed by atoms with Gasteiger partial charge in [0.2, 0.25) is 0 Å². The first-order valence-electron chi connectivity index (χ1n) is 6.51. The molecule has 0 spiro atoms. The molecule has 0 aliphatic carbocycles. The van der Waals surface area contributed by atoms with Crippen LogP contribution in [-0.2, 0) is 0 Å². The Balaban J connectivity index is 1.92. The number of carbonyl (C=O) groups is 1. The second-order valence-electron chi connectivity index (χ2n) is 4.68. The number of rotatable bonds is 2. The molecule has 0 bridgehead atoms. The lowest BCUT2D eigenvalue weighted by Gasteiger charge is -2.20. The molecular weight excluding hydrogens is 475 g/mol. The van der Waals surface area contributed by atoms with E-state index in [1.165, 1.54) is 0 Å². The van der Waals surface area contributed by atoms with Crippen molar-refractivity contribution in [1.29, 1.82) is 0 Å². The number of anilines is 1. The lowest BCUT2D eigenvalue weighted by atomic mass is 10.2. The first-order valence-corrected chi connectivity index (χ1v) is 8.72. The first-order chi connectivity index (χ1) is 11.0. The molecule has 4 nitrogen and oxygen atoms in total. The van der Waals surface area contributed by atoms with Crippen LogP contribution in [0.25, 0.3) is 0 Å². The zero-order valence-corrected chi connectivity index (χ0v) is 15.9. The fourth-order valence-corrected chi connectivity index (χ4v) is 3.32. The molecule has 1 aliphatic heterocycles. The van der Waals surface area contributed by atoms with Crippen molar-refractivity contribution in [2.24, 2.45) is 0 Å². The van der Waals surface area contributed by atoms with E-state index >= 15 is 0 Å². The molecule has 0 unspecified atom stereocenters. The summed E-state index contributed by atoms with van der Waals surface area (Å²) in [5, 5.41) is 3.89. The Labute approximate surface area is 161 Å². The molecular formula is C15H9Cl3INO3. The van der Waals surface area contributed by atoms with E-state index in [0.29, 0.717) is 54.6 Å². The Hall–Kier alpha value is -0.890. The molecule has 2 aromatic rings. The van der Waals surface area contributed by atoms with E-state index in [1.807, 2.05) is 22.6 Å². The van der Waals surface area contributed by atoms with Crippen LogP contribution >= 0.6 is 57.4 Å². The highest BCUT2D eigenvalue weighted by Crippen LogP contribution is 2.38. The lowest BCUT2D eigenvalue weighted by Crippen LogP contribution is -2.17. The summed E-state index contributed by atoms with van der Waals surface area (Å²) in [7, 11) is 0. The number of halogens is 4. The molecule has 23 heavy (non-hydrogen) atoms. The third-order valence-electron chi connectivity index (χ3n) is 3.12. The van der Waals surface area contributed by atoms with Crippen molar-refractivity contribution >= 4 is 69.0 Å². The standard InChI is InChI=1S/C15H9Cl3INO3/c16-7-3-8(14(19)10(18)4-7)15(21)20-11-6-13-12(5-9(11)17)22-1-2-23-13/h3-6H,1-2H2,(H,20,21). The van der Waals surface area contributed by atoms with E-state index in [9.17, 15) is 4.79 Å². The second-order valence-corrected chi connectivity index (χ2v) is 7.01. The van der Waals surface area contributed by atoms with Crippen molar-refractivity contribution in [3.63, 3.8) is 0 Å². The van der Waals surface area contributed by atoms with E-state index in [2.05, 4.69) is 5.32 Å². The minimum absolute atomic E-state index is 0.353. The van der Waals surface area contributed by atoms with Crippen molar-refractivity contribution in [2.75, 3.05) is 18.5 Å². The van der Waals surface area contributed by atoms with Crippen LogP contribution in [0, 0.1) is 3.57 Å². The highest BCUT2D eigenvalue weighted by molar-refractivity contribution is 14.1. The van der Waals surface area contributed by atoms with Crippen LogP contribution in [0.1, 0.15) is 10.4 Å². The summed E-state index contributed by atoms with van der Waals surface area (Å²) in [5.74, 6) is 0.729. The summed E-state index contributed by atoms with van der Waals surface area (Å²) in [6.07, 6.45) is 0. The van der Waals surface area contributed by atoms with Gasteiger partial charge in [0.05, 0.1) is 21.3 Å². The summed E-state index contributed by atoms with van der Waals surface area (Å²) < 4.78 is 11.5. The fourth-order valence-electron chi connectivity index (χ4n) is 2.07. The zero-order valence-electron chi connectivity index (χ0n) is 11.5. The SMILES string of the molecule is O=C(Nc1cc2c(cc1Cl)OCCO2)c1cc(Cl)cc(Cl)c1I. The van der Waals surface area contributed by atoms with Gasteiger partial charge in [-0.05, 0) is 34.7 Å². The molecule has 0 aromatic heterocycles. The van der Waals surface area contributed by atoms with Gasteiger partial charge in [-0.1, -0.05) is 34.8 Å². The van der Waals surface area contributed by atoms with E-state index in [-0.39, 0.29) is 5.91 Å². The van der Waals surface area contributed by atoms with Crippen LogP contribution in [0.2, 0.25) is 15.1 Å². The molecule has 1 heterocycles. The van der Waals surface area contributed by atoms with Gasteiger partial charge in [0.25, 0.3) is 5.91 Å². The van der Waals surface area contributed by atoms with E-state index < -0.39 is 0 Å². The summed E-state index contributed by atoms with van der Waals surface area (Å²) in [5.41, 5.74) is 0.793. The number of carbonyl (C=O) groups excluding carboxylic acids is 1. The first kappa shape index (κ1) is 17.0. The van der Waals surface area contributed by atoms with Crippen LogP contribution < -0.4 is 14.8 Å². The van der Waals surface area contributed by atoms with Gasteiger partial charge in [0, 0.05) is 20.7 Å². The summed E-state index contributed by atoms with van der Waals surface area (Å²) in [6, 6.07) is 6.38. The average Bonchev–Trinajstić information content (AvgIpc) is 2.51. The molecule has 3 rings (SSSR count). The molecule has 120 valence electrons. The maximum Gasteiger partial charge on any atom is 0.256 e. The number of hydrogen-bond acceptors (Lipinski definition) is 3. The molecule has 1 amide bonds. The van der Waals surface area contributed by atoms with Gasteiger partial charge in [-0.25, -0.2) is 0 Å². The molecule has 0 atom stereocenters. The van der Waals surface area contributed by atoms with E-state index in [1.54, 1.807) is 24.3 Å². The van der Waals surface area contributed by atoms with Gasteiger partial charge in [0.1, 0.15) is 13.2 Å². The second kappa shape index (κ2) is 6.93. The van der Waals surface area contributed by atoms with E-state index in [0.717, 1.165) is 0 Å². The van der Waals surface area contributed by atoms with Gasteiger partial charge in [-0.3, -0.25) is 4.79 Å². The maximum atomic E-state index is 12.5. The Bertz CT molecular complexity index is 798. The number of ether oxygens (including phenoxy) is 2. The Morgan fingerprint density at radius 2 is 1.65 bits per heavy atom. The molecule has 0 fully saturated rings. The number of hydrogen-bond donors (Lipinski definition) is 1. The van der Waals surface area contributed by atoms with Crippen LogP contribution in [0.4, 0.5) is 5.69 Å². The maximum absolute atomic E-state index is 12.5. The van der Waals surface area contributed by atoms with Crippen LogP contribution in [0.15, 0.2) is 24.3 Å². The van der Waals surface area contributed by atoms with Gasteiger partial charge in [-0.15, -0.1) is 0 Å². The molecule has 0 saturated heterocycles. The molecule has 8 heteroatoms. The molecule has 0 radical (unpaired) electrons. The number of fused-ring (bicyclic) bond motifs is 1. The molecule has 2 aromatic carbocycles. The number of nitrogens with one attached hydrogen (secondary N) is 1. The van der Waals surface area contributed by atoms with Gasteiger partial charge in [-0.2, -0.15) is 0 Å². The van der Waals surface area contributed by atoms with Crippen molar-refractivity contribution in [1.82, 2.24) is 0 Å². The third-order valence-corrected chi connectivity index (χ3v) is 5.43. The van der Waals surface area contributed by atoms with Gasteiger partial charge < -0.3 is 14.8 Å². The van der Waals surface area contributed by atoms with Gasteiger partial charge >= 0.3 is 0 Å². The van der Waals surface area contributed by atoms with Gasteiger partial charge in [0.15, 0.2) is 11.5 Å². The van der Waals surface area contributed by atoms with Crippen LogP contribution in [0.3, 0.4) is 0 Å². The van der Waals surface area contributed by atoms with Crippen molar-refractivity contribution in [3.05, 3.63) is 48.5 Å². The van der Waals surface area contributed by atoms with Crippen molar-refractivity contribution < 1.29 is 14.3 Å². The lowest BCUT2D eigenvalue weighted by molar-refractivity contribution is 0.102. The summed E-state index contributed by atoms with van der Waals surface area (Å²) in [6.45, 7) is 0.915. The largest absolute Gasteiger partial charge is 0.486 e. The minimum Gasteiger partial charge on any atom is -0.486 e. The Morgan fingerprint density at radius 3 is 2.35 bits per heavy atom. The predicted molar refractivity (Wildman–Crippen MR) is 99.6 cm³/mol. The number of amides is 1. The third kappa shape index (κ3) is 3.63. The van der Waals surface area contributed by atoms with Crippen molar-refractivity contribution in [2.45, 2.75) is 0 Å². The van der Waals surface area contributed by atoms with Crippen LogP contribution in [-0.4, -0.2) is 19.1 Å². The molecule has 0 saturated carbocycles. The van der Waals surface area contributed by atoms with Crippen molar-refractivity contribution in [3.8, 4) is 11.5 Å². The predicted octanol–water partition coefficient (Wildman–Crippen LogP) is 5.27. The average molecular weight is 485 g/mol. The fraction of sp³-hybridized carbons (Fsp3) is 0.133. The molecule has 1 N–H and O–H groups in total. The molecule has 1 aliphatic rings. The topological polar surface area (TPSA) is 47.6 Å². The number of benzene rings is 2. The minimum atomic E-state index is -0.364. The Morgan fingerprint density at radius 1 is 1.00 bits per heavy atom. The zero-order chi connectivity index (χ0) is 16.6. The smallest absolute Gasteiger partial charge is 0.256 e. The monoisotopic (exact) mass is 483 g/mol. The normalized spacial score (nSPS) is 12.9. The Kier molecular flexibility index (Phi) is 5.10.